The van der Waals surface area contributed by atoms with Crippen molar-refractivity contribution in [1.82, 2.24) is 0 Å². The zero-order chi connectivity index (χ0) is 18.7. The van der Waals surface area contributed by atoms with E-state index in [9.17, 15) is 4.79 Å². The third-order valence-electron chi connectivity index (χ3n) is 4.45. The van der Waals surface area contributed by atoms with Crippen LogP contribution in [0.15, 0.2) is 5.38 Å². The van der Waals surface area contributed by atoms with Gasteiger partial charge in [0.15, 0.2) is 0 Å². The molecule has 1 aliphatic rings. The van der Waals surface area contributed by atoms with E-state index < -0.39 is 0 Å². The predicted octanol–water partition coefficient (Wildman–Crippen LogP) is 6.30. The topological polar surface area (TPSA) is 29.5 Å². The van der Waals surface area contributed by atoms with E-state index in [2.05, 4.69) is 18.7 Å². The number of carbonyl (C=O) groups excluding carboxylic acids is 1. The van der Waals surface area contributed by atoms with Crippen LogP contribution in [0.5, 0.6) is 0 Å². The van der Waals surface area contributed by atoms with Gasteiger partial charge in [0.25, 0.3) is 0 Å². The SMILES string of the molecule is CC.CC.CCN(c1scc(C(=O)OC)c1C)C1CCC(C)CC1. The third kappa shape index (κ3) is 5.80. The highest BCUT2D eigenvalue weighted by Gasteiger charge is 2.26. The molecule has 24 heavy (non-hydrogen) atoms. The van der Waals surface area contributed by atoms with Crippen LogP contribution in [-0.2, 0) is 4.74 Å². The number of anilines is 1. The van der Waals surface area contributed by atoms with Crippen LogP contribution in [0.2, 0.25) is 0 Å². The van der Waals surface area contributed by atoms with Crippen molar-refractivity contribution in [3.8, 4) is 0 Å². The van der Waals surface area contributed by atoms with Crippen molar-refractivity contribution in [1.29, 1.82) is 0 Å². The van der Waals surface area contributed by atoms with Gasteiger partial charge in [0.2, 0.25) is 0 Å². The molecule has 1 aromatic rings. The number of hydrogen-bond acceptors (Lipinski definition) is 4. The summed E-state index contributed by atoms with van der Waals surface area (Å²) in [6.45, 7) is 15.6. The number of esters is 1. The van der Waals surface area contributed by atoms with Crippen molar-refractivity contribution in [3.63, 3.8) is 0 Å². The summed E-state index contributed by atoms with van der Waals surface area (Å²) < 4.78 is 4.85. The van der Waals surface area contributed by atoms with Crippen LogP contribution >= 0.6 is 11.3 Å². The van der Waals surface area contributed by atoms with E-state index in [1.165, 1.54) is 37.8 Å². The molecule has 4 heteroatoms. The molecule has 0 amide bonds. The van der Waals surface area contributed by atoms with Crippen LogP contribution in [-0.4, -0.2) is 25.7 Å². The molecule has 1 aromatic heterocycles. The fraction of sp³-hybridized carbons (Fsp3) is 0.750. The molecule has 1 aliphatic carbocycles. The molecule has 0 atom stereocenters. The third-order valence-corrected chi connectivity index (χ3v) is 5.56. The number of hydrogen-bond donors (Lipinski definition) is 0. The van der Waals surface area contributed by atoms with E-state index in [1.807, 2.05) is 40.0 Å². The quantitative estimate of drug-likeness (QED) is 0.593. The first-order chi connectivity index (χ1) is 11.6. The minimum atomic E-state index is -0.224. The standard InChI is InChI=1S/C16H25NO2S.2C2H6/c1-5-17(13-8-6-11(2)7-9-13)15-12(3)14(10-20-15)16(18)19-4;2*1-2/h10-11,13H,5-9H2,1-4H3;2*1-2H3. The number of carbonyl (C=O) groups is 1. The normalized spacial score (nSPS) is 19.3. The average Bonchev–Trinajstić information content (AvgIpc) is 3.01. The monoisotopic (exact) mass is 355 g/mol. The summed E-state index contributed by atoms with van der Waals surface area (Å²) in [4.78, 5) is 14.2. The van der Waals surface area contributed by atoms with Crippen molar-refractivity contribution in [3.05, 3.63) is 16.5 Å². The highest BCUT2D eigenvalue weighted by molar-refractivity contribution is 7.14. The van der Waals surface area contributed by atoms with E-state index in [0.29, 0.717) is 6.04 Å². The molecule has 140 valence electrons. The van der Waals surface area contributed by atoms with Gasteiger partial charge in [0.05, 0.1) is 17.7 Å². The second-order valence-electron chi connectivity index (χ2n) is 5.77. The molecule has 1 heterocycles. The number of rotatable bonds is 4. The lowest BCUT2D eigenvalue weighted by Gasteiger charge is -2.36. The Kier molecular flexibility index (Phi) is 11.8. The molecule has 0 aliphatic heterocycles. The highest BCUT2D eigenvalue weighted by Crippen LogP contribution is 2.36. The number of methoxy groups -OCH3 is 1. The van der Waals surface area contributed by atoms with Crippen LogP contribution in [0, 0.1) is 12.8 Å². The largest absolute Gasteiger partial charge is 0.465 e. The number of ether oxygens (including phenoxy) is 1. The fourth-order valence-corrected chi connectivity index (χ4v) is 4.33. The lowest BCUT2D eigenvalue weighted by atomic mass is 9.86. The average molecular weight is 356 g/mol. The molecule has 0 bridgehead atoms. The van der Waals surface area contributed by atoms with Gasteiger partial charge >= 0.3 is 5.97 Å². The van der Waals surface area contributed by atoms with Gasteiger partial charge in [0, 0.05) is 18.0 Å². The lowest BCUT2D eigenvalue weighted by Crippen LogP contribution is -2.37. The van der Waals surface area contributed by atoms with Gasteiger partial charge < -0.3 is 9.64 Å². The van der Waals surface area contributed by atoms with Crippen molar-refractivity contribution in [2.75, 3.05) is 18.6 Å². The van der Waals surface area contributed by atoms with Crippen LogP contribution in [0.4, 0.5) is 5.00 Å². The van der Waals surface area contributed by atoms with Crippen LogP contribution in [0.25, 0.3) is 0 Å². The first-order valence-electron chi connectivity index (χ1n) is 9.51. The Bertz CT molecular complexity index is 462. The number of thiophene rings is 1. The summed E-state index contributed by atoms with van der Waals surface area (Å²) >= 11 is 1.67. The lowest BCUT2D eigenvalue weighted by molar-refractivity contribution is 0.0600. The second kappa shape index (κ2) is 12.3. The Morgan fingerprint density at radius 1 is 1.21 bits per heavy atom. The van der Waals surface area contributed by atoms with Crippen LogP contribution in [0.1, 0.15) is 83.1 Å². The molecule has 0 N–H and O–H groups in total. The minimum absolute atomic E-state index is 0.224. The van der Waals surface area contributed by atoms with E-state index in [1.54, 1.807) is 11.3 Å². The Hall–Kier alpha value is -1.03. The number of nitrogens with zero attached hydrogens (tertiary/aromatic N) is 1. The van der Waals surface area contributed by atoms with Crippen molar-refractivity contribution < 1.29 is 9.53 Å². The zero-order valence-electron chi connectivity index (χ0n) is 16.9. The molecular formula is C20H37NO2S. The first-order valence-corrected chi connectivity index (χ1v) is 10.4. The highest BCUT2D eigenvalue weighted by atomic mass is 32.1. The molecule has 1 fully saturated rings. The molecule has 0 spiro atoms. The summed E-state index contributed by atoms with van der Waals surface area (Å²) in [5.41, 5.74) is 1.79. The summed E-state index contributed by atoms with van der Waals surface area (Å²) in [6, 6.07) is 0.624. The fourth-order valence-electron chi connectivity index (χ4n) is 3.12. The second-order valence-corrected chi connectivity index (χ2v) is 6.63. The molecule has 2 rings (SSSR count). The van der Waals surface area contributed by atoms with Gasteiger partial charge in [-0.15, -0.1) is 11.3 Å². The molecule has 3 nitrogen and oxygen atoms in total. The van der Waals surface area contributed by atoms with Crippen LogP contribution in [0.3, 0.4) is 0 Å². The maximum Gasteiger partial charge on any atom is 0.339 e. The maximum absolute atomic E-state index is 11.7. The molecule has 0 unspecified atom stereocenters. The minimum Gasteiger partial charge on any atom is -0.465 e. The van der Waals surface area contributed by atoms with Crippen LogP contribution < -0.4 is 4.90 Å². The molecule has 0 saturated heterocycles. The van der Waals surface area contributed by atoms with Gasteiger partial charge in [-0.3, -0.25) is 0 Å². The molecule has 1 saturated carbocycles. The van der Waals surface area contributed by atoms with Gasteiger partial charge in [-0.05, 0) is 51.0 Å². The summed E-state index contributed by atoms with van der Waals surface area (Å²) in [7, 11) is 1.44. The summed E-state index contributed by atoms with van der Waals surface area (Å²) in [5.74, 6) is 0.637. The maximum atomic E-state index is 11.7. The summed E-state index contributed by atoms with van der Waals surface area (Å²) in [6.07, 6.45) is 5.16. The Labute approximate surface area is 153 Å². The van der Waals surface area contributed by atoms with Gasteiger partial charge in [-0.2, -0.15) is 0 Å². The van der Waals surface area contributed by atoms with Crippen molar-refractivity contribution in [2.45, 2.75) is 80.2 Å². The van der Waals surface area contributed by atoms with E-state index in [4.69, 9.17) is 4.74 Å². The first kappa shape index (κ1) is 23.0. The van der Waals surface area contributed by atoms with E-state index in [-0.39, 0.29) is 5.97 Å². The Morgan fingerprint density at radius 2 is 1.75 bits per heavy atom. The van der Waals surface area contributed by atoms with Gasteiger partial charge in [-0.25, -0.2) is 4.79 Å². The van der Waals surface area contributed by atoms with E-state index >= 15 is 0 Å². The molecule has 0 aromatic carbocycles. The zero-order valence-corrected chi connectivity index (χ0v) is 17.8. The van der Waals surface area contributed by atoms with Crippen molar-refractivity contribution >= 4 is 22.3 Å². The Morgan fingerprint density at radius 3 is 2.21 bits per heavy atom. The van der Waals surface area contributed by atoms with Gasteiger partial charge in [0.1, 0.15) is 0 Å². The molecular weight excluding hydrogens is 318 g/mol. The Balaban J connectivity index is 0.00000123. The van der Waals surface area contributed by atoms with Crippen molar-refractivity contribution in [2.24, 2.45) is 5.92 Å². The summed E-state index contributed by atoms with van der Waals surface area (Å²) in [5, 5.41) is 3.18. The smallest absolute Gasteiger partial charge is 0.339 e. The van der Waals surface area contributed by atoms with E-state index in [0.717, 1.165) is 23.6 Å². The van der Waals surface area contributed by atoms with Gasteiger partial charge in [-0.1, -0.05) is 34.6 Å². The molecule has 0 radical (unpaired) electrons. The predicted molar refractivity (Wildman–Crippen MR) is 108 cm³/mol.